The quantitative estimate of drug-likeness (QED) is 0.252. The van der Waals surface area contributed by atoms with E-state index in [1.807, 2.05) is 0 Å². The lowest BCUT2D eigenvalue weighted by atomic mass is 10.1. The third-order valence-electron chi connectivity index (χ3n) is 3.11. The van der Waals surface area contributed by atoms with Crippen molar-refractivity contribution >= 4 is 5.97 Å². The van der Waals surface area contributed by atoms with E-state index < -0.39 is 31.4 Å². The highest BCUT2D eigenvalue weighted by Crippen LogP contribution is 2.03. The van der Waals surface area contributed by atoms with Gasteiger partial charge in [-0.3, -0.25) is 4.79 Å². The summed E-state index contributed by atoms with van der Waals surface area (Å²) in [5.41, 5.74) is 0. The van der Waals surface area contributed by atoms with Crippen LogP contribution in [0, 0.1) is 0 Å². The van der Waals surface area contributed by atoms with Crippen LogP contribution < -0.4 is 0 Å². The Bertz CT molecular complexity index is 580. The number of hydrogen-bond acceptors (Lipinski definition) is 3. The van der Waals surface area contributed by atoms with Crippen LogP contribution in [0.3, 0.4) is 0 Å². The van der Waals surface area contributed by atoms with Gasteiger partial charge >= 0.3 is 5.97 Å². The number of rotatable bonds is 14. The number of aliphatic carboxylic acids is 1. The Morgan fingerprint density at radius 1 is 1.04 bits per heavy atom. The molecule has 0 aromatic heterocycles. The summed E-state index contributed by atoms with van der Waals surface area (Å²) in [4.78, 5) is 10.4. The number of carboxylic acid groups (broad SMARTS) is 1. The van der Waals surface area contributed by atoms with Crippen molar-refractivity contribution in [2.75, 3.05) is 0 Å². The highest BCUT2D eigenvalue weighted by atomic mass is 16.4. The van der Waals surface area contributed by atoms with Crippen LogP contribution in [-0.2, 0) is 4.79 Å². The van der Waals surface area contributed by atoms with Gasteiger partial charge in [-0.15, -0.1) is 0 Å². The summed E-state index contributed by atoms with van der Waals surface area (Å²) in [6, 6.07) is 0. The van der Waals surface area contributed by atoms with Gasteiger partial charge in [0.15, 0.2) is 0 Å². The summed E-state index contributed by atoms with van der Waals surface area (Å²) in [6.45, 7) is -2.61. The Hall–Kier alpha value is -1.65. The van der Waals surface area contributed by atoms with E-state index in [0.29, 0.717) is 32.1 Å². The lowest BCUT2D eigenvalue weighted by Crippen LogP contribution is -2.03. The molecule has 0 spiro atoms. The molecule has 0 saturated carbocycles. The molecule has 0 heterocycles. The molecule has 2 atom stereocenters. The normalized spacial score (nSPS) is 19.3. The molecule has 0 aliphatic carbocycles. The monoisotopic (exact) mass is 341 g/mol. The minimum absolute atomic E-state index is 0.0350. The smallest absolute Gasteiger partial charge is 0.303 e. The van der Waals surface area contributed by atoms with Crippen LogP contribution in [0.4, 0.5) is 0 Å². The molecule has 4 heteroatoms. The zero-order chi connectivity index (χ0) is 22.3. The predicted molar refractivity (Wildman–Crippen MR) is 98.8 cm³/mol. The molecule has 0 radical (unpaired) electrons. The molecule has 0 aliphatic heterocycles. The maximum atomic E-state index is 10.4. The van der Waals surface area contributed by atoms with E-state index in [-0.39, 0.29) is 12.8 Å². The average Bonchev–Trinajstić information content (AvgIpc) is 2.59. The fourth-order valence-corrected chi connectivity index (χ4v) is 1.81. The van der Waals surface area contributed by atoms with Crippen LogP contribution in [-0.4, -0.2) is 33.5 Å². The second kappa shape index (κ2) is 16.2. The van der Waals surface area contributed by atoms with Crippen LogP contribution in [0.25, 0.3) is 0 Å². The van der Waals surface area contributed by atoms with Gasteiger partial charge < -0.3 is 15.3 Å². The van der Waals surface area contributed by atoms with Crippen LogP contribution >= 0.6 is 0 Å². The van der Waals surface area contributed by atoms with Gasteiger partial charge in [-0.05, 0) is 32.1 Å². The molecule has 0 saturated heterocycles. The zero-order valence-corrected chi connectivity index (χ0v) is 14.0. The van der Waals surface area contributed by atoms with Crippen molar-refractivity contribution in [3.8, 4) is 0 Å². The van der Waals surface area contributed by atoms with Crippen molar-refractivity contribution in [1.82, 2.24) is 0 Å². The summed E-state index contributed by atoms with van der Waals surface area (Å²) in [5.74, 6) is -0.879. The van der Waals surface area contributed by atoms with Gasteiger partial charge in [-0.25, -0.2) is 0 Å². The second-order valence-corrected chi connectivity index (χ2v) is 5.35. The van der Waals surface area contributed by atoms with Crippen LogP contribution in [0.5, 0.6) is 0 Å². The molecule has 3 N–H and O–H groups in total. The van der Waals surface area contributed by atoms with Gasteiger partial charge in [0.2, 0.25) is 0 Å². The van der Waals surface area contributed by atoms with Crippen LogP contribution in [0.15, 0.2) is 48.6 Å². The number of unbranched alkanes of at least 4 members (excludes halogenated alkanes) is 1. The lowest BCUT2D eigenvalue weighted by Gasteiger charge is -2.02. The molecule has 0 amide bonds. The first-order valence-electron chi connectivity index (χ1n) is 10.7. The van der Waals surface area contributed by atoms with Gasteiger partial charge in [0.05, 0.1) is 12.2 Å². The van der Waals surface area contributed by atoms with E-state index >= 15 is 0 Å². The molecule has 136 valence electrons. The Balaban J connectivity index is 3.99. The van der Waals surface area contributed by atoms with E-state index in [9.17, 15) is 15.0 Å². The summed E-state index contributed by atoms with van der Waals surface area (Å²) in [5, 5.41) is 28.0. The van der Waals surface area contributed by atoms with Crippen molar-refractivity contribution in [3.05, 3.63) is 48.6 Å². The maximum absolute atomic E-state index is 10.4. The Kier molecular flexibility index (Phi) is 9.91. The number of aliphatic hydroxyl groups is 2. The molecule has 0 bridgehead atoms. The standard InChI is InChI=1S/C20H32O4/c1-2-3-4-5-6-9-13-18(21)14-10-7-8-11-15-19(22)16-12-17-20(23)24/h6-11,14-15,18-19,21-22H,2-5,12-13,16-17H2,1H3,(H,23,24)/b8-7+,9-6-,14-10+,15-11-/t18-,19-/m1/s1/i1D3,2D2. The van der Waals surface area contributed by atoms with E-state index in [4.69, 9.17) is 12.0 Å². The molecule has 0 aromatic rings. The van der Waals surface area contributed by atoms with Crippen molar-refractivity contribution in [1.29, 1.82) is 0 Å². The topological polar surface area (TPSA) is 77.8 Å². The summed E-state index contributed by atoms with van der Waals surface area (Å²) >= 11 is 0. The van der Waals surface area contributed by atoms with Crippen molar-refractivity contribution in [2.45, 2.75) is 70.4 Å². The van der Waals surface area contributed by atoms with Gasteiger partial charge in [0, 0.05) is 13.3 Å². The molecule has 0 fully saturated rings. The molecule has 0 rings (SSSR count). The van der Waals surface area contributed by atoms with E-state index in [1.165, 1.54) is 0 Å². The molecule has 0 unspecified atom stereocenters. The number of allylic oxidation sites excluding steroid dienone is 5. The molecule has 0 aliphatic rings. The second-order valence-electron chi connectivity index (χ2n) is 5.35. The first-order valence-corrected chi connectivity index (χ1v) is 8.20. The van der Waals surface area contributed by atoms with E-state index in [2.05, 4.69) is 0 Å². The van der Waals surface area contributed by atoms with Crippen molar-refractivity contribution in [3.63, 3.8) is 0 Å². The van der Waals surface area contributed by atoms with Gasteiger partial charge in [0.25, 0.3) is 0 Å². The van der Waals surface area contributed by atoms with Gasteiger partial charge in [-0.1, -0.05) is 68.3 Å². The molecular formula is C20H32O4. The first kappa shape index (κ1) is 14.7. The fraction of sp³-hybridized carbons (Fsp3) is 0.550. The number of hydrogen-bond donors (Lipinski definition) is 3. The Morgan fingerprint density at radius 2 is 1.75 bits per heavy atom. The van der Waals surface area contributed by atoms with Crippen LogP contribution in [0.1, 0.15) is 65.0 Å². The summed E-state index contributed by atoms with van der Waals surface area (Å²) in [7, 11) is 0. The number of aliphatic hydroxyl groups excluding tert-OH is 2. The Morgan fingerprint density at radius 3 is 2.42 bits per heavy atom. The number of carbonyl (C=O) groups is 1. The maximum Gasteiger partial charge on any atom is 0.303 e. The third kappa shape index (κ3) is 16.7. The fourth-order valence-electron chi connectivity index (χ4n) is 1.81. The summed E-state index contributed by atoms with van der Waals surface area (Å²) in [6.07, 6.45) is 12.1. The average molecular weight is 342 g/mol. The minimum atomic E-state index is -2.61. The minimum Gasteiger partial charge on any atom is -0.481 e. The third-order valence-corrected chi connectivity index (χ3v) is 3.11. The first-order chi connectivity index (χ1) is 13.5. The molecule has 0 aromatic carbocycles. The predicted octanol–water partition coefficient (Wildman–Crippen LogP) is 4.16. The SMILES string of the molecule is [2H]C([2H])([2H])C([2H])([2H])CCC/C=C\C[C@@H](O)/C=C/C=C/C=C\[C@@H](O)CCCC(=O)O. The molecule has 24 heavy (non-hydrogen) atoms. The zero-order valence-electron chi connectivity index (χ0n) is 19.0. The number of carboxylic acids is 1. The van der Waals surface area contributed by atoms with E-state index in [0.717, 1.165) is 0 Å². The lowest BCUT2D eigenvalue weighted by molar-refractivity contribution is -0.137. The van der Waals surface area contributed by atoms with E-state index in [1.54, 1.807) is 48.6 Å². The molecule has 4 nitrogen and oxygen atoms in total. The van der Waals surface area contributed by atoms with Gasteiger partial charge in [0.1, 0.15) is 0 Å². The summed E-state index contributed by atoms with van der Waals surface area (Å²) < 4.78 is 36.4. The highest BCUT2D eigenvalue weighted by molar-refractivity contribution is 5.66. The van der Waals surface area contributed by atoms with Crippen LogP contribution in [0.2, 0.25) is 0 Å². The van der Waals surface area contributed by atoms with Crippen molar-refractivity contribution < 1.29 is 27.0 Å². The molecular weight excluding hydrogens is 304 g/mol. The van der Waals surface area contributed by atoms with Crippen molar-refractivity contribution in [2.24, 2.45) is 0 Å². The highest BCUT2D eigenvalue weighted by Gasteiger charge is 2.01. The largest absolute Gasteiger partial charge is 0.481 e. The van der Waals surface area contributed by atoms with Gasteiger partial charge in [-0.2, -0.15) is 0 Å². The Labute approximate surface area is 152 Å².